The first-order valence-corrected chi connectivity index (χ1v) is 6.49. The molecule has 1 fully saturated rings. The molecule has 2 nitrogen and oxygen atoms in total. The molecular formula is C14H19F2NO. The van der Waals surface area contributed by atoms with Crippen LogP contribution in [-0.2, 0) is 6.54 Å². The lowest BCUT2D eigenvalue weighted by Crippen LogP contribution is -2.40. The molecule has 0 aliphatic heterocycles. The molecule has 1 aliphatic carbocycles. The first-order valence-electron chi connectivity index (χ1n) is 6.49. The van der Waals surface area contributed by atoms with Gasteiger partial charge in [-0.25, -0.2) is 8.78 Å². The lowest BCUT2D eigenvalue weighted by atomic mass is 9.91. The minimum absolute atomic E-state index is 0.134. The molecular weight excluding hydrogens is 236 g/mol. The summed E-state index contributed by atoms with van der Waals surface area (Å²) in [6, 6.07) is 4.04. The van der Waals surface area contributed by atoms with E-state index in [9.17, 15) is 8.78 Å². The standard InChI is InChI=1S/C14H19F2NO/c15-12-5-6-14(16)11(9-12)10-17(7-2-8-18)13-3-1-4-13/h5-6,9,13,18H,1-4,7-8,10H2. The molecule has 0 amide bonds. The van der Waals surface area contributed by atoms with Crippen molar-refractivity contribution in [1.82, 2.24) is 4.90 Å². The van der Waals surface area contributed by atoms with Crippen molar-refractivity contribution in [2.75, 3.05) is 13.2 Å². The summed E-state index contributed by atoms with van der Waals surface area (Å²) in [5.41, 5.74) is 0.403. The van der Waals surface area contributed by atoms with Crippen LogP contribution < -0.4 is 0 Å². The van der Waals surface area contributed by atoms with Crippen LogP contribution in [0.15, 0.2) is 18.2 Å². The van der Waals surface area contributed by atoms with Crippen molar-refractivity contribution in [2.45, 2.75) is 38.3 Å². The van der Waals surface area contributed by atoms with E-state index in [2.05, 4.69) is 4.90 Å². The number of aliphatic hydroxyl groups is 1. The van der Waals surface area contributed by atoms with Crippen molar-refractivity contribution in [3.8, 4) is 0 Å². The molecule has 0 bridgehead atoms. The highest BCUT2D eigenvalue weighted by Crippen LogP contribution is 2.27. The zero-order chi connectivity index (χ0) is 13.0. The van der Waals surface area contributed by atoms with Gasteiger partial charge in [-0.3, -0.25) is 4.90 Å². The molecule has 100 valence electrons. The van der Waals surface area contributed by atoms with Gasteiger partial charge in [0.1, 0.15) is 11.6 Å². The first kappa shape index (κ1) is 13.4. The molecule has 2 rings (SSSR count). The van der Waals surface area contributed by atoms with Crippen LogP contribution in [0.5, 0.6) is 0 Å². The van der Waals surface area contributed by atoms with Crippen molar-refractivity contribution in [2.24, 2.45) is 0 Å². The van der Waals surface area contributed by atoms with Crippen molar-refractivity contribution < 1.29 is 13.9 Å². The van der Waals surface area contributed by atoms with E-state index in [-0.39, 0.29) is 12.4 Å². The van der Waals surface area contributed by atoms with Crippen molar-refractivity contribution in [3.05, 3.63) is 35.4 Å². The Morgan fingerprint density at radius 3 is 2.67 bits per heavy atom. The van der Waals surface area contributed by atoms with Crippen LogP contribution in [0.25, 0.3) is 0 Å². The van der Waals surface area contributed by atoms with Gasteiger partial charge in [0, 0.05) is 31.3 Å². The van der Waals surface area contributed by atoms with Gasteiger partial charge in [-0.1, -0.05) is 6.42 Å². The summed E-state index contributed by atoms with van der Waals surface area (Å²) >= 11 is 0. The number of hydrogen-bond donors (Lipinski definition) is 1. The fraction of sp³-hybridized carbons (Fsp3) is 0.571. The van der Waals surface area contributed by atoms with E-state index < -0.39 is 5.82 Å². The van der Waals surface area contributed by atoms with Gasteiger partial charge in [0.15, 0.2) is 0 Å². The molecule has 0 radical (unpaired) electrons. The number of hydrogen-bond acceptors (Lipinski definition) is 2. The summed E-state index contributed by atoms with van der Waals surface area (Å²) in [5, 5.41) is 8.89. The first-order chi connectivity index (χ1) is 8.70. The number of nitrogens with zero attached hydrogens (tertiary/aromatic N) is 1. The Hall–Kier alpha value is -1.00. The minimum Gasteiger partial charge on any atom is -0.396 e. The van der Waals surface area contributed by atoms with E-state index in [1.54, 1.807) is 0 Å². The van der Waals surface area contributed by atoms with Crippen LogP contribution >= 0.6 is 0 Å². The molecule has 0 spiro atoms. The molecule has 4 heteroatoms. The smallest absolute Gasteiger partial charge is 0.127 e. The normalized spacial score (nSPS) is 16.0. The number of benzene rings is 1. The molecule has 0 aromatic heterocycles. The quantitative estimate of drug-likeness (QED) is 0.845. The Labute approximate surface area is 106 Å². The van der Waals surface area contributed by atoms with E-state index >= 15 is 0 Å². The maximum Gasteiger partial charge on any atom is 0.127 e. The predicted molar refractivity (Wildman–Crippen MR) is 66.1 cm³/mol. The third-order valence-electron chi connectivity index (χ3n) is 3.58. The minimum atomic E-state index is -0.401. The average molecular weight is 255 g/mol. The van der Waals surface area contributed by atoms with Crippen molar-refractivity contribution >= 4 is 0 Å². The van der Waals surface area contributed by atoms with E-state index in [1.807, 2.05) is 0 Å². The maximum atomic E-state index is 13.6. The Bertz CT molecular complexity index is 393. The highest BCUT2D eigenvalue weighted by molar-refractivity contribution is 5.18. The molecule has 1 aliphatic rings. The largest absolute Gasteiger partial charge is 0.396 e. The van der Waals surface area contributed by atoms with Gasteiger partial charge in [-0.15, -0.1) is 0 Å². The SMILES string of the molecule is OCCCN(Cc1cc(F)ccc1F)C1CCC1. The Morgan fingerprint density at radius 1 is 1.28 bits per heavy atom. The molecule has 0 saturated heterocycles. The number of aliphatic hydroxyl groups excluding tert-OH is 1. The lowest BCUT2D eigenvalue weighted by Gasteiger charge is -2.37. The summed E-state index contributed by atoms with van der Waals surface area (Å²) in [7, 11) is 0. The third-order valence-corrected chi connectivity index (χ3v) is 3.58. The second-order valence-corrected chi connectivity index (χ2v) is 4.87. The van der Waals surface area contributed by atoms with E-state index in [1.165, 1.54) is 18.6 Å². The molecule has 0 atom stereocenters. The second-order valence-electron chi connectivity index (χ2n) is 4.87. The summed E-state index contributed by atoms with van der Waals surface area (Å²) in [5.74, 6) is -0.758. The van der Waals surface area contributed by atoms with E-state index in [0.717, 1.165) is 25.5 Å². The molecule has 0 unspecified atom stereocenters. The van der Waals surface area contributed by atoms with Gasteiger partial charge in [0.25, 0.3) is 0 Å². The highest BCUT2D eigenvalue weighted by Gasteiger charge is 2.25. The fourth-order valence-electron chi connectivity index (χ4n) is 2.30. The Morgan fingerprint density at radius 2 is 2.06 bits per heavy atom. The summed E-state index contributed by atoms with van der Waals surface area (Å²) < 4.78 is 26.7. The zero-order valence-electron chi connectivity index (χ0n) is 10.4. The van der Waals surface area contributed by atoms with Gasteiger partial charge in [-0.05, 0) is 37.5 Å². The highest BCUT2D eigenvalue weighted by atomic mass is 19.1. The lowest BCUT2D eigenvalue weighted by molar-refractivity contribution is 0.108. The molecule has 1 N–H and O–H groups in total. The number of rotatable bonds is 6. The van der Waals surface area contributed by atoms with Crippen LogP contribution in [-0.4, -0.2) is 29.2 Å². The van der Waals surface area contributed by atoms with Crippen LogP contribution in [0.3, 0.4) is 0 Å². The van der Waals surface area contributed by atoms with Crippen LogP contribution in [0.1, 0.15) is 31.2 Å². The van der Waals surface area contributed by atoms with E-state index in [0.29, 0.717) is 24.6 Å². The molecule has 1 aromatic carbocycles. The zero-order valence-corrected chi connectivity index (χ0v) is 10.4. The van der Waals surface area contributed by atoms with Crippen molar-refractivity contribution in [1.29, 1.82) is 0 Å². The van der Waals surface area contributed by atoms with Crippen molar-refractivity contribution in [3.63, 3.8) is 0 Å². The maximum absolute atomic E-state index is 13.6. The molecule has 18 heavy (non-hydrogen) atoms. The van der Waals surface area contributed by atoms with Gasteiger partial charge >= 0.3 is 0 Å². The van der Waals surface area contributed by atoms with Crippen LogP contribution in [0, 0.1) is 11.6 Å². The fourth-order valence-corrected chi connectivity index (χ4v) is 2.30. The topological polar surface area (TPSA) is 23.5 Å². The van der Waals surface area contributed by atoms with Gasteiger partial charge in [0.05, 0.1) is 0 Å². The predicted octanol–water partition coefficient (Wildman–Crippen LogP) is 2.70. The van der Waals surface area contributed by atoms with Gasteiger partial charge < -0.3 is 5.11 Å². The second kappa shape index (κ2) is 6.25. The van der Waals surface area contributed by atoms with Crippen LogP contribution in [0.4, 0.5) is 8.78 Å². The van der Waals surface area contributed by atoms with Gasteiger partial charge in [-0.2, -0.15) is 0 Å². The molecule has 1 saturated carbocycles. The Balaban J connectivity index is 2.04. The third kappa shape index (κ3) is 3.27. The van der Waals surface area contributed by atoms with Crippen LogP contribution in [0.2, 0.25) is 0 Å². The summed E-state index contributed by atoms with van der Waals surface area (Å²) in [4.78, 5) is 2.15. The van der Waals surface area contributed by atoms with E-state index in [4.69, 9.17) is 5.11 Å². The molecule has 1 aromatic rings. The number of halogens is 2. The summed E-state index contributed by atoms with van der Waals surface area (Å²) in [6.07, 6.45) is 4.10. The molecule has 0 heterocycles. The monoisotopic (exact) mass is 255 g/mol. The van der Waals surface area contributed by atoms with Gasteiger partial charge in [0.2, 0.25) is 0 Å². The summed E-state index contributed by atoms with van der Waals surface area (Å²) in [6.45, 7) is 1.29. The average Bonchev–Trinajstić information content (AvgIpc) is 2.28. The Kier molecular flexibility index (Phi) is 4.66.